The molecule has 1 amide bonds. The molecule has 1 aromatic heterocycles. The first-order valence-corrected chi connectivity index (χ1v) is 6.83. The Morgan fingerprint density at radius 3 is 3.05 bits per heavy atom. The molecule has 1 aliphatic rings. The van der Waals surface area contributed by atoms with Crippen molar-refractivity contribution < 1.29 is 9.53 Å². The Morgan fingerprint density at radius 1 is 1.33 bits per heavy atom. The van der Waals surface area contributed by atoms with E-state index < -0.39 is 0 Å². The number of benzene rings is 1. The molecule has 0 bridgehead atoms. The highest BCUT2D eigenvalue weighted by atomic mass is 16.5. The van der Waals surface area contributed by atoms with Gasteiger partial charge in [0.2, 0.25) is 0 Å². The number of amides is 1. The Bertz CT molecular complexity index is 660. The van der Waals surface area contributed by atoms with Crippen molar-refractivity contribution in [2.75, 3.05) is 30.4 Å². The van der Waals surface area contributed by atoms with Crippen molar-refractivity contribution >= 4 is 17.4 Å². The minimum Gasteiger partial charge on any atom is -0.491 e. The molecule has 0 fully saturated rings. The first-order valence-electron chi connectivity index (χ1n) is 6.83. The molecule has 3 rings (SSSR count). The van der Waals surface area contributed by atoms with Crippen molar-refractivity contribution in [3.05, 3.63) is 42.4 Å². The molecule has 2 heterocycles. The minimum atomic E-state index is -0.169. The lowest BCUT2D eigenvalue weighted by Gasteiger charge is -2.21. The number of carbonyl (C=O) groups is 1. The van der Waals surface area contributed by atoms with Crippen molar-refractivity contribution in [2.24, 2.45) is 0 Å². The van der Waals surface area contributed by atoms with E-state index in [4.69, 9.17) is 4.74 Å². The van der Waals surface area contributed by atoms with Gasteiger partial charge in [-0.25, -0.2) is 4.98 Å². The predicted molar refractivity (Wildman–Crippen MR) is 79.8 cm³/mol. The standard InChI is InChI=1S/C15H16N4O2/c1-16-14-10-17-9-11(18-14)15(20)19-7-4-8-21-13-6-3-2-5-12(13)19/h2-3,5-6,9-10H,4,7-8H2,1H3,(H,16,18). The van der Waals surface area contributed by atoms with Crippen LogP contribution in [0.25, 0.3) is 0 Å². The van der Waals surface area contributed by atoms with Crippen LogP contribution in [-0.2, 0) is 0 Å². The van der Waals surface area contributed by atoms with Crippen LogP contribution >= 0.6 is 0 Å². The second-order valence-electron chi connectivity index (χ2n) is 4.67. The number of nitrogens with zero attached hydrogens (tertiary/aromatic N) is 3. The van der Waals surface area contributed by atoms with E-state index in [0.717, 1.165) is 17.9 Å². The Morgan fingerprint density at radius 2 is 2.19 bits per heavy atom. The maximum Gasteiger partial charge on any atom is 0.278 e. The normalized spacial score (nSPS) is 13.9. The van der Waals surface area contributed by atoms with Crippen molar-refractivity contribution in [2.45, 2.75) is 6.42 Å². The third-order valence-electron chi connectivity index (χ3n) is 3.29. The first-order chi connectivity index (χ1) is 10.3. The maximum atomic E-state index is 12.7. The van der Waals surface area contributed by atoms with Gasteiger partial charge >= 0.3 is 0 Å². The van der Waals surface area contributed by atoms with E-state index in [2.05, 4.69) is 15.3 Å². The molecule has 1 N–H and O–H groups in total. The van der Waals surface area contributed by atoms with Crippen molar-refractivity contribution in [1.29, 1.82) is 0 Å². The van der Waals surface area contributed by atoms with Crippen LogP contribution in [0.4, 0.5) is 11.5 Å². The Kier molecular flexibility index (Phi) is 3.68. The number of hydrogen-bond donors (Lipinski definition) is 1. The van der Waals surface area contributed by atoms with Gasteiger partial charge in [0.15, 0.2) is 0 Å². The van der Waals surface area contributed by atoms with Gasteiger partial charge in [-0.1, -0.05) is 12.1 Å². The first kappa shape index (κ1) is 13.4. The maximum absolute atomic E-state index is 12.7. The smallest absolute Gasteiger partial charge is 0.278 e. The number of nitrogens with one attached hydrogen (secondary N) is 1. The van der Waals surface area contributed by atoms with Gasteiger partial charge in [-0.3, -0.25) is 9.78 Å². The van der Waals surface area contributed by atoms with Crippen molar-refractivity contribution in [3.63, 3.8) is 0 Å². The average Bonchev–Trinajstić information content (AvgIpc) is 2.76. The van der Waals surface area contributed by atoms with Crippen LogP contribution in [0.1, 0.15) is 16.9 Å². The molecule has 6 nitrogen and oxygen atoms in total. The molecule has 0 spiro atoms. The molecular formula is C15H16N4O2. The number of ether oxygens (including phenoxy) is 1. The van der Waals surface area contributed by atoms with E-state index in [1.165, 1.54) is 6.20 Å². The predicted octanol–water partition coefficient (Wildman–Crippen LogP) is 1.95. The van der Waals surface area contributed by atoms with E-state index in [1.54, 1.807) is 18.1 Å². The minimum absolute atomic E-state index is 0.169. The summed E-state index contributed by atoms with van der Waals surface area (Å²) in [7, 11) is 1.74. The van der Waals surface area contributed by atoms with Gasteiger partial charge in [0.1, 0.15) is 17.3 Å². The number of aromatic nitrogens is 2. The van der Waals surface area contributed by atoms with E-state index >= 15 is 0 Å². The summed E-state index contributed by atoms with van der Waals surface area (Å²) in [6.45, 7) is 1.20. The molecule has 1 aromatic carbocycles. The zero-order valence-corrected chi connectivity index (χ0v) is 11.7. The Balaban J connectivity index is 1.97. The summed E-state index contributed by atoms with van der Waals surface area (Å²) in [4.78, 5) is 22.7. The summed E-state index contributed by atoms with van der Waals surface area (Å²) in [6, 6.07) is 7.54. The largest absolute Gasteiger partial charge is 0.491 e. The van der Waals surface area contributed by atoms with Crippen molar-refractivity contribution in [1.82, 2.24) is 9.97 Å². The summed E-state index contributed by atoms with van der Waals surface area (Å²) < 4.78 is 5.67. The second-order valence-corrected chi connectivity index (χ2v) is 4.67. The van der Waals surface area contributed by atoms with Crippen LogP contribution in [0.5, 0.6) is 5.75 Å². The van der Waals surface area contributed by atoms with E-state index in [9.17, 15) is 4.79 Å². The molecule has 6 heteroatoms. The van der Waals surface area contributed by atoms with Gasteiger partial charge in [-0.05, 0) is 18.6 Å². The second kappa shape index (κ2) is 5.78. The molecule has 0 atom stereocenters. The van der Waals surface area contributed by atoms with Gasteiger partial charge in [-0.2, -0.15) is 0 Å². The molecule has 0 radical (unpaired) electrons. The van der Waals surface area contributed by atoms with E-state index in [-0.39, 0.29) is 5.91 Å². The SMILES string of the molecule is CNc1cncc(C(=O)N2CCCOc3ccccc32)n1. The van der Waals surface area contributed by atoms with Crippen molar-refractivity contribution in [3.8, 4) is 5.75 Å². The quantitative estimate of drug-likeness (QED) is 0.913. The van der Waals surface area contributed by atoms with Gasteiger partial charge < -0.3 is 15.0 Å². The molecule has 0 aliphatic carbocycles. The third kappa shape index (κ3) is 2.65. The fraction of sp³-hybridized carbons (Fsp3) is 0.267. The number of fused-ring (bicyclic) bond motifs is 1. The molecule has 108 valence electrons. The Labute approximate surface area is 122 Å². The highest BCUT2D eigenvalue weighted by Crippen LogP contribution is 2.31. The zero-order chi connectivity index (χ0) is 14.7. The molecule has 0 unspecified atom stereocenters. The molecular weight excluding hydrogens is 268 g/mol. The monoisotopic (exact) mass is 284 g/mol. The van der Waals surface area contributed by atoms with Crippen LogP contribution in [-0.4, -0.2) is 36.1 Å². The summed E-state index contributed by atoms with van der Waals surface area (Å²) >= 11 is 0. The van der Waals surface area contributed by atoms with Crippen LogP contribution < -0.4 is 15.0 Å². The number of anilines is 2. The van der Waals surface area contributed by atoms with Gasteiger partial charge in [-0.15, -0.1) is 0 Å². The lowest BCUT2D eigenvalue weighted by Crippen LogP contribution is -2.32. The lowest BCUT2D eigenvalue weighted by atomic mass is 10.2. The van der Waals surface area contributed by atoms with Crippen LogP contribution in [0.2, 0.25) is 0 Å². The molecule has 2 aromatic rings. The van der Waals surface area contributed by atoms with Gasteiger partial charge in [0, 0.05) is 13.6 Å². The topological polar surface area (TPSA) is 67.4 Å². The van der Waals surface area contributed by atoms with Crippen LogP contribution in [0, 0.1) is 0 Å². The molecule has 0 saturated heterocycles. The molecule has 21 heavy (non-hydrogen) atoms. The summed E-state index contributed by atoms with van der Waals surface area (Å²) in [5.41, 5.74) is 1.09. The number of hydrogen-bond acceptors (Lipinski definition) is 5. The van der Waals surface area contributed by atoms with Gasteiger partial charge in [0.25, 0.3) is 5.91 Å². The van der Waals surface area contributed by atoms with E-state index in [1.807, 2.05) is 24.3 Å². The van der Waals surface area contributed by atoms with Crippen LogP contribution in [0.3, 0.4) is 0 Å². The zero-order valence-electron chi connectivity index (χ0n) is 11.7. The fourth-order valence-electron chi connectivity index (χ4n) is 2.27. The van der Waals surface area contributed by atoms with Crippen LogP contribution in [0.15, 0.2) is 36.7 Å². The van der Waals surface area contributed by atoms with E-state index in [0.29, 0.717) is 24.7 Å². The summed E-state index contributed by atoms with van der Waals surface area (Å²) in [6.07, 6.45) is 3.84. The summed E-state index contributed by atoms with van der Waals surface area (Å²) in [5, 5.41) is 2.89. The highest BCUT2D eigenvalue weighted by Gasteiger charge is 2.24. The third-order valence-corrected chi connectivity index (χ3v) is 3.29. The number of carbonyl (C=O) groups excluding carboxylic acids is 1. The number of rotatable bonds is 2. The Hall–Kier alpha value is -2.63. The fourth-order valence-corrected chi connectivity index (χ4v) is 2.27. The average molecular weight is 284 g/mol. The molecule has 1 aliphatic heterocycles. The van der Waals surface area contributed by atoms with Gasteiger partial charge in [0.05, 0.1) is 24.7 Å². The highest BCUT2D eigenvalue weighted by molar-refractivity contribution is 6.05. The number of para-hydroxylation sites is 2. The summed E-state index contributed by atoms with van der Waals surface area (Å²) in [5.74, 6) is 1.12. The lowest BCUT2D eigenvalue weighted by molar-refractivity contribution is 0.0982. The molecule has 0 saturated carbocycles.